The number of rotatable bonds is 3. The molecule has 4 nitrogen and oxygen atoms in total. The standard InChI is InChI=1S/C5H12N2O2/c1-3(5(6)7)2-4(8)9/h3,5H,2,6-7H2,1H3,(H,8,9)/t3-/m0/s1. The van der Waals surface area contributed by atoms with Crippen molar-refractivity contribution in [1.29, 1.82) is 0 Å². The van der Waals surface area contributed by atoms with Gasteiger partial charge >= 0.3 is 5.97 Å². The van der Waals surface area contributed by atoms with E-state index in [1.807, 2.05) is 0 Å². The lowest BCUT2D eigenvalue weighted by Crippen LogP contribution is -2.38. The molecule has 0 aliphatic carbocycles. The van der Waals surface area contributed by atoms with Crippen molar-refractivity contribution in [3.05, 3.63) is 0 Å². The molecule has 4 heteroatoms. The van der Waals surface area contributed by atoms with Crippen molar-refractivity contribution in [3.63, 3.8) is 0 Å². The van der Waals surface area contributed by atoms with E-state index >= 15 is 0 Å². The summed E-state index contributed by atoms with van der Waals surface area (Å²) >= 11 is 0. The van der Waals surface area contributed by atoms with Crippen LogP contribution >= 0.6 is 0 Å². The summed E-state index contributed by atoms with van der Waals surface area (Å²) in [5.41, 5.74) is 10.4. The van der Waals surface area contributed by atoms with Crippen LogP contribution in [0.4, 0.5) is 0 Å². The van der Waals surface area contributed by atoms with Gasteiger partial charge in [-0.2, -0.15) is 0 Å². The first kappa shape index (κ1) is 8.39. The number of hydrogen-bond donors (Lipinski definition) is 3. The van der Waals surface area contributed by atoms with E-state index in [1.54, 1.807) is 6.92 Å². The topological polar surface area (TPSA) is 89.3 Å². The first-order valence-electron chi connectivity index (χ1n) is 2.77. The van der Waals surface area contributed by atoms with Crippen molar-refractivity contribution in [2.45, 2.75) is 19.5 Å². The lowest BCUT2D eigenvalue weighted by molar-refractivity contribution is -0.138. The maximum Gasteiger partial charge on any atom is 0.303 e. The Hall–Kier alpha value is -0.610. The summed E-state index contributed by atoms with van der Waals surface area (Å²) in [4.78, 5) is 10.0. The molecule has 0 unspecified atom stereocenters. The Morgan fingerprint density at radius 1 is 1.67 bits per heavy atom. The molecule has 1 atom stereocenters. The monoisotopic (exact) mass is 132 g/mol. The Bertz CT molecular complexity index is 103. The smallest absolute Gasteiger partial charge is 0.303 e. The predicted molar refractivity (Wildman–Crippen MR) is 33.6 cm³/mol. The van der Waals surface area contributed by atoms with Gasteiger partial charge in [0, 0.05) is 0 Å². The van der Waals surface area contributed by atoms with Gasteiger partial charge in [-0.25, -0.2) is 0 Å². The molecular weight excluding hydrogens is 120 g/mol. The third-order valence-corrected chi connectivity index (χ3v) is 1.15. The number of hydrogen-bond acceptors (Lipinski definition) is 3. The summed E-state index contributed by atoms with van der Waals surface area (Å²) in [6.07, 6.45) is -0.487. The number of carboxylic acid groups (broad SMARTS) is 1. The van der Waals surface area contributed by atoms with Gasteiger partial charge in [-0.05, 0) is 5.92 Å². The van der Waals surface area contributed by atoms with Crippen molar-refractivity contribution in [1.82, 2.24) is 0 Å². The molecule has 0 fully saturated rings. The fraction of sp³-hybridized carbons (Fsp3) is 0.800. The largest absolute Gasteiger partial charge is 0.481 e. The molecule has 0 amide bonds. The third-order valence-electron chi connectivity index (χ3n) is 1.15. The molecule has 0 radical (unpaired) electrons. The molecule has 5 N–H and O–H groups in total. The highest BCUT2D eigenvalue weighted by atomic mass is 16.4. The van der Waals surface area contributed by atoms with E-state index in [0.717, 1.165) is 0 Å². The van der Waals surface area contributed by atoms with Crippen molar-refractivity contribution in [2.75, 3.05) is 0 Å². The molecule has 0 aromatic rings. The zero-order chi connectivity index (χ0) is 7.44. The first-order valence-corrected chi connectivity index (χ1v) is 2.77. The van der Waals surface area contributed by atoms with Gasteiger partial charge in [0.1, 0.15) is 0 Å². The number of aliphatic carboxylic acids is 1. The minimum absolute atomic E-state index is 0.0394. The van der Waals surface area contributed by atoms with Crippen LogP contribution in [0.1, 0.15) is 13.3 Å². The van der Waals surface area contributed by atoms with Gasteiger partial charge in [-0.1, -0.05) is 6.92 Å². The minimum atomic E-state index is -0.858. The van der Waals surface area contributed by atoms with Gasteiger partial charge in [-0.3, -0.25) is 4.79 Å². The van der Waals surface area contributed by atoms with Crippen molar-refractivity contribution in [2.24, 2.45) is 17.4 Å². The molecule has 0 spiro atoms. The highest BCUT2D eigenvalue weighted by Gasteiger charge is 2.11. The summed E-state index contributed by atoms with van der Waals surface area (Å²) in [6.45, 7) is 1.71. The second kappa shape index (κ2) is 3.42. The van der Waals surface area contributed by atoms with Crippen LogP contribution in [-0.2, 0) is 4.79 Å². The zero-order valence-corrected chi connectivity index (χ0v) is 5.37. The molecule has 9 heavy (non-hydrogen) atoms. The Morgan fingerprint density at radius 3 is 2.22 bits per heavy atom. The SMILES string of the molecule is C[C@@H](CC(=O)O)C(N)N. The van der Waals surface area contributed by atoms with E-state index in [2.05, 4.69) is 0 Å². The minimum Gasteiger partial charge on any atom is -0.481 e. The molecule has 0 rings (SSSR count). The van der Waals surface area contributed by atoms with Crippen molar-refractivity contribution >= 4 is 5.97 Å². The fourth-order valence-electron chi connectivity index (χ4n) is 0.412. The summed E-state index contributed by atoms with van der Waals surface area (Å²) in [5.74, 6) is -1.01. The van der Waals surface area contributed by atoms with Crippen LogP contribution in [-0.4, -0.2) is 17.2 Å². The van der Waals surface area contributed by atoms with Crippen LogP contribution in [0.25, 0.3) is 0 Å². The Kier molecular flexibility index (Phi) is 3.19. The molecule has 0 bridgehead atoms. The second-order valence-corrected chi connectivity index (χ2v) is 2.15. The van der Waals surface area contributed by atoms with Crippen LogP contribution in [0.5, 0.6) is 0 Å². The van der Waals surface area contributed by atoms with Crippen molar-refractivity contribution in [3.8, 4) is 0 Å². The normalized spacial score (nSPS) is 13.8. The molecule has 0 saturated carbocycles. The maximum absolute atomic E-state index is 10.0. The van der Waals surface area contributed by atoms with Crippen LogP contribution in [0.15, 0.2) is 0 Å². The Morgan fingerprint density at radius 2 is 2.11 bits per heavy atom. The average Bonchev–Trinajstić information content (AvgIpc) is 1.63. The van der Waals surface area contributed by atoms with Crippen LogP contribution in [0.3, 0.4) is 0 Å². The van der Waals surface area contributed by atoms with Crippen LogP contribution in [0, 0.1) is 5.92 Å². The van der Waals surface area contributed by atoms with Crippen LogP contribution in [0.2, 0.25) is 0 Å². The summed E-state index contributed by atoms with van der Waals surface area (Å²) in [7, 11) is 0. The maximum atomic E-state index is 10.0. The van der Waals surface area contributed by atoms with Gasteiger partial charge in [0.05, 0.1) is 12.6 Å². The molecular formula is C5H12N2O2. The molecule has 0 aliphatic rings. The Balaban J connectivity index is 3.50. The van der Waals surface area contributed by atoms with Gasteiger partial charge in [0.25, 0.3) is 0 Å². The van der Waals surface area contributed by atoms with Gasteiger partial charge in [-0.15, -0.1) is 0 Å². The number of carbonyl (C=O) groups is 1. The molecule has 0 aliphatic heterocycles. The van der Waals surface area contributed by atoms with Crippen LogP contribution < -0.4 is 11.5 Å². The fourth-order valence-corrected chi connectivity index (χ4v) is 0.412. The second-order valence-electron chi connectivity index (χ2n) is 2.15. The third kappa shape index (κ3) is 3.93. The first-order chi connectivity index (χ1) is 4.04. The van der Waals surface area contributed by atoms with Crippen molar-refractivity contribution < 1.29 is 9.90 Å². The Labute approximate surface area is 53.8 Å². The summed E-state index contributed by atoms with van der Waals surface area (Å²) in [6, 6.07) is 0. The highest BCUT2D eigenvalue weighted by molar-refractivity contribution is 5.67. The van der Waals surface area contributed by atoms with Gasteiger partial charge in [0.15, 0.2) is 0 Å². The number of nitrogens with two attached hydrogens (primary N) is 2. The average molecular weight is 132 g/mol. The van der Waals surface area contributed by atoms with E-state index in [0.29, 0.717) is 0 Å². The molecule has 0 aromatic carbocycles. The van der Waals surface area contributed by atoms with Gasteiger partial charge in [0.2, 0.25) is 0 Å². The number of carboxylic acids is 1. The zero-order valence-electron chi connectivity index (χ0n) is 5.37. The molecule has 0 saturated heterocycles. The van der Waals surface area contributed by atoms with E-state index in [9.17, 15) is 4.79 Å². The van der Waals surface area contributed by atoms with E-state index in [4.69, 9.17) is 16.6 Å². The lowest BCUT2D eigenvalue weighted by atomic mass is 10.1. The summed E-state index contributed by atoms with van der Waals surface area (Å²) < 4.78 is 0. The van der Waals surface area contributed by atoms with E-state index in [-0.39, 0.29) is 12.3 Å². The molecule has 0 heterocycles. The summed E-state index contributed by atoms with van der Waals surface area (Å²) in [5, 5.41) is 8.22. The van der Waals surface area contributed by atoms with E-state index in [1.165, 1.54) is 0 Å². The van der Waals surface area contributed by atoms with Gasteiger partial charge < -0.3 is 16.6 Å². The lowest BCUT2D eigenvalue weighted by Gasteiger charge is -2.11. The highest BCUT2D eigenvalue weighted by Crippen LogP contribution is 2.00. The molecule has 0 aromatic heterocycles. The van der Waals surface area contributed by atoms with E-state index < -0.39 is 12.1 Å². The molecule has 54 valence electrons. The quantitative estimate of drug-likeness (QED) is 0.445. The predicted octanol–water partition coefficient (Wildman–Crippen LogP) is -0.659.